The molecular formula is C15H19N3OS. The van der Waals surface area contributed by atoms with Crippen LogP contribution < -0.4 is 16.2 Å². The molecule has 1 aromatic carbocycles. The van der Waals surface area contributed by atoms with Gasteiger partial charge in [0.05, 0.1) is 4.88 Å². The van der Waals surface area contributed by atoms with Gasteiger partial charge in [0.2, 0.25) is 0 Å². The average molecular weight is 289 g/mol. The van der Waals surface area contributed by atoms with Crippen molar-refractivity contribution >= 4 is 22.9 Å². The molecule has 0 atom stereocenters. The molecule has 106 valence electrons. The molecule has 0 unspecified atom stereocenters. The van der Waals surface area contributed by atoms with Crippen LogP contribution in [0.1, 0.15) is 26.4 Å². The maximum absolute atomic E-state index is 11.7. The fourth-order valence-corrected chi connectivity index (χ4v) is 3.06. The Morgan fingerprint density at radius 2 is 1.95 bits per heavy atom. The zero-order valence-corrected chi connectivity index (χ0v) is 12.8. The van der Waals surface area contributed by atoms with Crippen molar-refractivity contribution in [3.63, 3.8) is 0 Å². The van der Waals surface area contributed by atoms with E-state index in [2.05, 4.69) is 42.4 Å². The molecule has 1 aromatic heterocycles. The summed E-state index contributed by atoms with van der Waals surface area (Å²) in [5.41, 5.74) is 6.79. The highest BCUT2D eigenvalue weighted by atomic mass is 32.1. The molecule has 0 spiro atoms. The molecular weight excluding hydrogens is 270 g/mol. The lowest BCUT2D eigenvalue weighted by molar-refractivity contribution is 0.0957. The number of amides is 1. The van der Waals surface area contributed by atoms with E-state index in [0.29, 0.717) is 11.4 Å². The van der Waals surface area contributed by atoms with Crippen molar-refractivity contribution in [3.05, 3.63) is 51.2 Å². The van der Waals surface area contributed by atoms with Gasteiger partial charge in [0.15, 0.2) is 0 Å². The Morgan fingerprint density at radius 1 is 1.30 bits per heavy atom. The van der Waals surface area contributed by atoms with Crippen molar-refractivity contribution in [2.24, 2.45) is 5.84 Å². The third-order valence-corrected chi connectivity index (χ3v) is 4.09. The van der Waals surface area contributed by atoms with E-state index in [1.165, 1.54) is 22.5 Å². The number of thiophene rings is 1. The van der Waals surface area contributed by atoms with Crippen LogP contribution in [0, 0.1) is 13.8 Å². The average Bonchev–Trinajstić information content (AvgIpc) is 2.84. The number of nitrogen functional groups attached to an aromatic ring is 1. The zero-order chi connectivity index (χ0) is 14.7. The molecule has 0 aliphatic rings. The first-order valence-electron chi connectivity index (χ1n) is 6.38. The molecule has 2 rings (SSSR count). The van der Waals surface area contributed by atoms with Crippen molar-refractivity contribution in [2.45, 2.75) is 20.4 Å². The third-order valence-electron chi connectivity index (χ3n) is 3.14. The van der Waals surface area contributed by atoms with Crippen LogP contribution in [0.2, 0.25) is 0 Å². The number of hydrazine groups is 1. The Labute approximate surface area is 123 Å². The van der Waals surface area contributed by atoms with Gasteiger partial charge < -0.3 is 4.90 Å². The lowest BCUT2D eigenvalue weighted by atomic mass is 10.1. The van der Waals surface area contributed by atoms with E-state index in [4.69, 9.17) is 5.84 Å². The molecule has 4 nitrogen and oxygen atoms in total. The van der Waals surface area contributed by atoms with Crippen molar-refractivity contribution in [3.8, 4) is 0 Å². The number of anilines is 1. The number of rotatable bonds is 4. The molecule has 0 aliphatic heterocycles. The Hall–Kier alpha value is -1.85. The van der Waals surface area contributed by atoms with Gasteiger partial charge in [-0.25, -0.2) is 5.84 Å². The second-order valence-electron chi connectivity index (χ2n) is 4.95. The third kappa shape index (κ3) is 3.18. The number of carbonyl (C=O) groups excluding carboxylic acids is 1. The predicted octanol–water partition coefficient (Wildman–Crippen LogP) is 2.60. The van der Waals surface area contributed by atoms with Crippen LogP contribution in [0.4, 0.5) is 5.69 Å². The smallest absolute Gasteiger partial charge is 0.275 e. The first-order chi connectivity index (χ1) is 9.51. The summed E-state index contributed by atoms with van der Waals surface area (Å²) in [5, 5.41) is 1.91. The SMILES string of the molecule is Cc1cc(C)cc(N(C)Cc2ccsc2C(=O)NN)c1. The minimum atomic E-state index is -0.233. The van der Waals surface area contributed by atoms with Gasteiger partial charge in [-0.3, -0.25) is 10.2 Å². The van der Waals surface area contributed by atoms with Gasteiger partial charge in [0.1, 0.15) is 0 Å². The molecule has 5 heteroatoms. The number of benzene rings is 1. The molecule has 2 aromatic rings. The van der Waals surface area contributed by atoms with Gasteiger partial charge in [-0.1, -0.05) is 6.07 Å². The standard InChI is InChI=1S/C15H19N3OS/c1-10-6-11(2)8-13(7-10)18(3)9-12-4-5-20-14(12)15(19)17-16/h4-8H,9,16H2,1-3H3,(H,17,19). The number of hydrogen-bond acceptors (Lipinski definition) is 4. The van der Waals surface area contributed by atoms with E-state index in [1.807, 2.05) is 18.5 Å². The number of nitrogens with one attached hydrogen (secondary N) is 1. The largest absolute Gasteiger partial charge is 0.370 e. The molecule has 1 heterocycles. The first kappa shape index (κ1) is 14.6. The number of nitrogens with zero attached hydrogens (tertiary/aromatic N) is 1. The number of nitrogens with two attached hydrogens (primary N) is 1. The molecule has 0 bridgehead atoms. The van der Waals surface area contributed by atoms with Gasteiger partial charge >= 0.3 is 0 Å². The van der Waals surface area contributed by atoms with E-state index in [-0.39, 0.29) is 5.91 Å². The maximum atomic E-state index is 11.7. The minimum absolute atomic E-state index is 0.233. The Kier molecular flexibility index (Phi) is 4.42. The van der Waals surface area contributed by atoms with Crippen LogP contribution in [0.15, 0.2) is 29.6 Å². The quantitative estimate of drug-likeness (QED) is 0.517. The van der Waals surface area contributed by atoms with E-state index in [1.54, 1.807) is 0 Å². The summed E-state index contributed by atoms with van der Waals surface area (Å²) in [6.07, 6.45) is 0. The maximum Gasteiger partial charge on any atom is 0.275 e. The van der Waals surface area contributed by atoms with Crippen LogP contribution in [-0.2, 0) is 6.54 Å². The molecule has 0 saturated heterocycles. The van der Waals surface area contributed by atoms with Crippen LogP contribution >= 0.6 is 11.3 Å². The topological polar surface area (TPSA) is 58.4 Å². The predicted molar refractivity (Wildman–Crippen MR) is 84.0 cm³/mol. The van der Waals surface area contributed by atoms with Crippen molar-refractivity contribution in [2.75, 3.05) is 11.9 Å². The Bertz CT molecular complexity index is 601. The summed E-state index contributed by atoms with van der Waals surface area (Å²) in [6, 6.07) is 8.40. The highest BCUT2D eigenvalue weighted by Gasteiger charge is 2.14. The van der Waals surface area contributed by atoms with E-state index < -0.39 is 0 Å². The van der Waals surface area contributed by atoms with Gasteiger partial charge in [-0.15, -0.1) is 11.3 Å². The van der Waals surface area contributed by atoms with Crippen LogP contribution in [0.25, 0.3) is 0 Å². The van der Waals surface area contributed by atoms with Crippen LogP contribution in [0.5, 0.6) is 0 Å². The summed E-state index contributed by atoms with van der Waals surface area (Å²) in [6.45, 7) is 4.85. The zero-order valence-electron chi connectivity index (χ0n) is 11.9. The summed E-state index contributed by atoms with van der Waals surface area (Å²) < 4.78 is 0. The van der Waals surface area contributed by atoms with Gasteiger partial charge in [0, 0.05) is 19.3 Å². The summed E-state index contributed by atoms with van der Waals surface area (Å²) in [4.78, 5) is 14.5. The van der Waals surface area contributed by atoms with Gasteiger partial charge in [0.25, 0.3) is 5.91 Å². The van der Waals surface area contributed by atoms with Crippen LogP contribution in [-0.4, -0.2) is 13.0 Å². The van der Waals surface area contributed by atoms with E-state index in [9.17, 15) is 4.79 Å². The number of hydrogen-bond donors (Lipinski definition) is 2. The first-order valence-corrected chi connectivity index (χ1v) is 7.26. The molecule has 0 aliphatic carbocycles. The van der Waals surface area contributed by atoms with Gasteiger partial charge in [-0.05, 0) is 54.1 Å². The van der Waals surface area contributed by atoms with Crippen molar-refractivity contribution in [1.82, 2.24) is 5.43 Å². The minimum Gasteiger partial charge on any atom is -0.370 e. The fourth-order valence-electron chi connectivity index (χ4n) is 2.24. The second kappa shape index (κ2) is 6.07. The van der Waals surface area contributed by atoms with Gasteiger partial charge in [-0.2, -0.15) is 0 Å². The molecule has 20 heavy (non-hydrogen) atoms. The van der Waals surface area contributed by atoms with Crippen LogP contribution in [0.3, 0.4) is 0 Å². The molecule has 3 N–H and O–H groups in total. The lowest BCUT2D eigenvalue weighted by Gasteiger charge is -2.20. The lowest BCUT2D eigenvalue weighted by Crippen LogP contribution is -2.30. The highest BCUT2D eigenvalue weighted by molar-refractivity contribution is 7.12. The Morgan fingerprint density at radius 3 is 2.55 bits per heavy atom. The Balaban J connectivity index is 2.21. The number of carbonyl (C=O) groups is 1. The van der Waals surface area contributed by atoms with Crippen molar-refractivity contribution in [1.29, 1.82) is 0 Å². The highest BCUT2D eigenvalue weighted by Crippen LogP contribution is 2.23. The monoisotopic (exact) mass is 289 g/mol. The summed E-state index contributed by atoms with van der Waals surface area (Å²) >= 11 is 1.41. The molecule has 0 radical (unpaired) electrons. The second-order valence-corrected chi connectivity index (χ2v) is 5.87. The molecule has 0 fully saturated rings. The van der Waals surface area contributed by atoms with E-state index >= 15 is 0 Å². The fraction of sp³-hybridized carbons (Fsp3) is 0.267. The van der Waals surface area contributed by atoms with E-state index in [0.717, 1.165) is 11.3 Å². The molecule has 0 saturated carbocycles. The summed E-state index contributed by atoms with van der Waals surface area (Å²) in [5.74, 6) is 4.97. The normalized spacial score (nSPS) is 10.4. The molecule has 1 amide bonds. The number of aryl methyl sites for hydroxylation is 2. The van der Waals surface area contributed by atoms with Crippen molar-refractivity contribution < 1.29 is 4.79 Å². The summed E-state index contributed by atoms with van der Waals surface area (Å²) in [7, 11) is 2.02.